The first-order chi connectivity index (χ1) is 59.2. The largest absolute Gasteiger partial charge is 0.458 e. The molecule has 0 bridgehead atoms. The molecule has 0 saturated heterocycles. The van der Waals surface area contributed by atoms with E-state index in [1.807, 2.05) is 30.3 Å². The SMILES string of the molecule is Cc1ccccc1-c1cc2c3c(c1)Oc1c(cccc1-c1ccccc1)B3c1ccc(-c3ccccc3)cc1O2.Cc1ccccc1-c1ccc2c(c1)Oc1cc(-c3ccccc3)cc3c1B2c1cccc(-c2ccccc2)c1O3.Cc1ccccc1-c1cccc2c1Oc1cc(-c3ccccc3)cc3c1B2c1ccc(-c2ccccc2)cc1O3. The Morgan fingerprint density at radius 3 is 0.758 bits per heavy atom. The lowest BCUT2D eigenvalue weighted by molar-refractivity contribution is 0.465. The van der Waals surface area contributed by atoms with Crippen molar-refractivity contribution in [1.82, 2.24) is 0 Å². The van der Waals surface area contributed by atoms with Crippen molar-refractivity contribution in [3.63, 3.8) is 0 Å². The van der Waals surface area contributed by atoms with Gasteiger partial charge in [0.2, 0.25) is 0 Å². The normalized spacial score (nSPS) is 12.5. The van der Waals surface area contributed by atoms with Gasteiger partial charge in [0.1, 0.15) is 69.0 Å². The van der Waals surface area contributed by atoms with Crippen LogP contribution < -0.4 is 77.6 Å². The summed E-state index contributed by atoms with van der Waals surface area (Å²) < 4.78 is 40.7. The highest BCUT2D eigenvalue weighted by Crippen LogP contribution is 2.48. The van der Waals surface area contributed by atoms with Gasteiger partial charge in [-0.15, -0.1) is 0 Å². The van der Waals surface area contributed by atoms with Crippen molar-refractivity contribution in [2.75, 3.05) is 0 Å². The molecule has 6 aliphatic rings. The number of fused-ring (bicyclic) bond motifs is 12. The molecular weight excluding hydrogens is 1460 g/mol. The molecule has 9 heteroatoms. The molecule has 0 aliphatic carbocycles. The molecule has 0 aromatic heterocycles. The minimum absolute atomic E-state index is 0.0103. The highest BCUT2D eigenvalue weighted by Gasteiger charge is 2.45. The van der Waals surface area contributed by atoms with E-state index in [1.165, 1.54) is 50.0 Å². The van der Waals surface area contributed by atoms with E-state index in [1.54, 1.807) is 0 Å². The van der Waals surface area contributed by atoms with Crippen LogP contribution in [0.1, 0.15) is 16.7 Å². The minimum atomic E-state index is 0.0103. The number of hydrogen-bond acceptors (Lipinski definition) is 6. The van der Waals surface area contributed by atoms with Gasteiger partial charge in [0.25, 0.3) is 20.1 Å². The first kappa shape index (κ1) is 71.5. The molecule has 18 aromatic carbocycles. The molecular formula is C111H75B3O6. The minimum Gasteiger partial charge on any atom is -0.458 e. The standard InChI is InChI=1S/3C37H25BO2/c1-24-11-8-9-16-29(24)27-19-20-31-33(21-27)39-34-22-28(25-12-4-2-5-13-25)23-35-36(34)38(31)32-18-10-17-30(37(32)40-35)26-14-6-3-7-15-26;1-24-11-8-9-16-29(24)28-22-34-36-35(23-28)40-37-30(26-14-6-3-7-15-26)17-10-18-32(37)38(36)31-20-19-27(21-33(31)39-34)25-12-4-2-5-13-25;1-24-11-8-9-16-29(24)30-17-10-18-32-37(30)40-35-23-28(26-14-6-3-7-15-26)22-34-36(35)38(32)31-20-19-27(21-33(31)39-34)25-12-4-2-5-13-25/h3*2-23H,1H3. The number of rotatable bonds is 9. The van der Waals surface area contributed by atoms with Gasteiger partial charge >= 0.3 is 0 Å². The van der Waals surface area contributed by atoms with Crippen LogP contribution in [0, 0.1) is 20.8 Å². The second-order valence-corrected chi connectivity index (χ2v) is 31.6. The van der Waals surface area contributed by atoms with Gasteiger partial charge in [-0.1, -0.05) is 346 Å². The van der Waals surface area contributed by atoms with Gasteiger partial charge in [-0.05, 0) is 208 Å². The zero-order valence-electron chi connectivity index (χ0n) is 66.3. The summed E-state index contributed by atoms with van der Waals surface area (Å²) in [5, 5.41) is 0. The third kappa shape index (κ3) is 12.6. The summed E-state index contributed by atoms with van der Waals surface area (Å²) in [5.74, 6) is 10.6. The fourth-order valence-electron chi connectivity index (χ4n) is 18.7. The third-order valence-corrected chi connectivity index (χ3v) is 24.5. The van der Waals surface area contributed by atoms with Crippen molar-refractivity contribution in [3.05, 3.63) is 417 Å². The molecule has 0 unspecified atom stereocenters. The first-order valence-corrected chi connectivity index (χ1v) is 41.2. The zero-order chi connectivity index (χ0) is 79.9. The van der Waals surface area contributed by atoms with Gasteiger partial charge in [-0.2, -0.15) is 0 Å². The fraction of sp³-hybridized carbons (Fsp3) is 0.0270. The zero-order valence-corrected chi connectivity index (χ0v) is 66.3. The highest BCUT2D eigenvalue weighted by molar-refractivity contribution is 7.00. The van der Waals surface area contributed by atoms with Crippen molar-refractivity contribution in [2.24, 2.45) is 0 Å². The molecule has 0 fully saturated rings. The predicted octanol–water partition coefficient (Wildman–Crippen LogP) is 23.2. The maximum atomic E-state index is 6.86. The van der Waals surface area contributed by atoms with Crippen LogP contribution in [-0.4, -0.2) is 20.1 Å². The monoisotopic (exact) mass is 1540 g/mol. The van der Waals surface area contributed by atoms with Crippen molar-refractivity contribution in [3.8, 4) is 169 Å². The van der Waals surface area contributed by atoms with Crippen LogP contribution in [0.4, 0.5) is 0 Å². The summed E-state index contributed by atoms with van der Waals surface area (Å²) in [5.41, 5.74) is 34.4. The van der Waals surface area contributed by atoms with Crippen LogP contribution in [0.15, 0.2) is 400 Å². The van der Waals surface area contributed by atoms with E-state index in [0.717, 1.165) is 185 Å². The smallest absolute Gasteiger partial charge is 0.260 e. The number of ether oxygens (including phenoxy) is 6. The van der Waals surface area contributed by atoms with Crippen molar-refractivity contribution < 1.29 is 28.4 Å². The van der Waals surface area contributed by atoms with Crippen molar-refractivity contribution >= 4 is 69.3 Å². The summed E-state index contributed by atoms with van der Waals surface area (Å²) in [4.78, 5) is 0. The Bertz CT molecular complexity index is 7070. The van der Waals surface area contributed by atoms with Gasteiger partial charge in [0, 0.05) is 33.1 Å². The molecule has 6 heterocycles. The lowest BCUT2D eigenvalue weighted by atomic mass is 9.34. The van der Waals surface area contributed by atoms with E-state index in [0.29, 0.717) is 0 Å². The van der Waals surface area contributed by atoms with Gasteiger partial charge in [-0.25, -0.2) is 0 Å². The van der Waals surface area contributed by atoms with E-state index >= 15 is 0 Å². The maximum Gasteiger partial charge on any atom is 0.260 e. The highest BCUT2D eigenvalue weighted by atomic mass is 16.5. The molecule has 564 valence electrons. The second-order valence-electron chi connectivity index (χ2n) is 31.6. The van der Waals surface area contributed by atoms with E-state index in [9.17, 15) is 0 Å². The molecule has 18 aromatic rings. The Labute approximate surface area is 700 Å². The van der Waals surface area contributed by atoms with Crippen LogP contribution in [0.3, 0.4) is 0 Å². The molecule has 0 atom stereocenters. The van der Waals surface area contributed by atoms with Crippen LogP contribution in [0.5, 0.6) is 69.0 Å². The average molecular weight is 1540 g/mol. The average Bonchev–Trinajstić information content (AvgIpc) is 0.725. The Hall–Kier alpha value is -15.0. The Morgan fingerprint density at radius 2 is 0.400 bits per heavy atom. The summed E-state index contributed by atoms with van der Waals surface area (Å²) >= 11 is 0. The molecule has 6 nitrogen and oxygen atoms in total. The van der Waals surface area contributed by atoms with Crippen LogP contribution >= 0.6 is 0 Å². The van der Waals surface area contributed by atoms with Crippen molar-refractivity contribution in [2.45, 2.75) is 20.8 Å². The van der Waals surface area contributed by atoms with Crippen LogP contribution in [0.2, 0.25) is 0 Å². The van der Waals surface area contributed by atoms with E-state index < -0.39 is 0 Å². The molecule has 0 N–H and O–H groups in total. The summed E-state index contributed by atoms with van der Waals surface area (Å²) in [6.45, 7) is 6.49. The van der Waals surface area contributed by atoms with Crippen molar-refractivity contribution in [1.29, 1.82) is 0 Å². The van der Waals surface area contributed by atoms with Gasteiger partial charge in [0.15, 0.2) is 0 Å². The molecule has 120 heavy (non-hydrogen) atoms. The fourth-order valence-corrected chi connectivity index (χ4v) is 18.7. The summed E-state index contributed by atoms with van der Waals surface area (Å²) in [7, 11) is 0. The Balaban J connectivity index is 0.000000108. The molecule has 0 spiro atoms. The lowest BCUT2D eigenvalue weighted by Crippen LogP contribution is -2.57. The van der Waals surface area contributed by atoms with Crippen LogP contribution in [0.25, 0.3) is 100 Å². The molecule has 6 aliphatic heterocycles. The summed E-state index contributed by atoms with van der Waals surface area (Å²) in [6.07, 6.45) is 0. The molecule has 0 saturated carbocycles. The van der Waals surface area contributed by atoms with Gasteiger partial charge in [0.05, 0.1) is 0 Å². The topological polar surface area (TPSA) is 55.4 Å². The first-order valence-electron chi connectivity index (χ1n) is 41.2. The quantitative estimate of drug-likeness (QED) is 0.134. The summed E-state index contributed by atoms with van der Waals surface area (Å²) in [6, 6.07) is 141. The number of benzene rings is 18. The number of hydrogen-bond donors (Lipinski definition) is 0. The molecule has 0 amide bonds. The van der Waals surface area contributed by atoms with E-state index in [4.69, 9.17) is 28.4 Å². The van der Waals surface area contributed by atoms with Gasteiger partial charge in [-0.3, -0.25) is 0 Å². The van der Waals surface area contributed by atoms with Gasteiger partial charge < -0.3 is 28.4 Å². The van der Waals surface area contributed by atoms with Crippen LogP contribution in [-0.2, 0) is 0 Å². The van der Waals surface area contributed by atoms with E-state index in [2.05, 4.69) is 391 Å². The maximum absolute atomic E-state index is 6.86. The Kier molecular flexibility index (Phi) is 17.8. The number of para-hydroxylation sites is 3. The molecule has 0 radical (unpaired) electrons. The lowest BCUT2D eigenvalue weighted by Gasteiger charge is -2.34. The Morgan fingerprint density at radius 1 is 0.150 bits per heavy atom. The third-order valence-electron chi connectivity index (χ3n) is 24.5. The van der Waals surface area contributed by atoms with E-state index in [-0.39, 0.29) is 20.1 Å². The predicted molar refractivity (Wildman–Crippen MR) is 496 cm³/mol. The molecule has 24 rings (SSSR count). The second kappa shape index (κ2) is 29.9. The number of aryl methyl sites for hydroxylation is 3.